The SMILES string of the molecule is CC(C)(C1CCN(C(=O)N[C@H]2CCOC2)CC1)[C@H](O)c1cc(Cl)cc2cn[nH]c12. The number of rotatable bonds is 4. The lowest BCUT2D eigenvalue weighted by molar-refractivity contribution is -0.0144. The van der Waals surface area contributed by atoms with Gasteiger partial charge in [0.2, 0.25) is 0 Å². The standard InChI is InChI=1S/C21H29ClN4O3/c1-21(2,19(27)17-10-15(22)9-13-11-23-25-18(13)17)14-3-6-26(7-4-14)20(28)24-16-5-8-29-12-16/h9-11,14,16,19,27H,3-8,12H2,1-2H3,(H,23,25)(H,24,28)/t16-,19+/m0/s1. The first-order valence-electron chi connectivity index (χ1n) is 10.3. The molecule has 0 aliphatic carbocycles. The van der Waals surface area contributed by atoms with Gasteiger partial charge in [-0.05, 0) is 42.7 Å². The minimum absolute atomic E-state index is 0.00804. The van der Waals surface area contributed by atoms with Crippen molar-refractivity contribution >= 4 is 28.5 Å². The smallest absolute Gasteiger partial charge is 0.317 e. The number of halogens is 1. The summed E-state index contributed by atoms with van der Waals surface area (Å²) in [4.78, 5) is 14.4. The molecule has 0 bridgehead atoms. The number of hydrogen-bond donors (Lipinski definition) is 3. The van der Waals surface area contributed by atoms with Crippen molar-refractivity contribution in [1.29, 1.82) is 0 Å². The van der Waals surface area contributed by atoms with E-state index in [2.05, 4.69) is 29.4 Å². The minimum Gasteiger partial charge on any atom is -0.388 e. The first-order chi connectivity index (χ1) is 13.9. The van der Waals surface area contributed by atoms with E-state index in [1.54, 1.807) is 6.20 Å². The predicted octanol–water partition coefficient (Wildman–Crippen LogP) is 3.49. The third-order valence-electron chi connectivity index (χ3n) is 6.64. The Hall–Kier alpha value is -1.83. The van der Waals surface area contributed by atoms with E-state index in [0.717, 1.165) is 35.7 Å². The molecule has 3 N–H and O–H groups in total. The zero-order valence-corrected chi connectivity index (χ0v) is 17.7. The maximum atomic E-state index is 12.5. The van der Waals surface area contributed by atoms with Gasteiger partial charge in [-0.15, -0.1) is 0 Å². The number of piperidine rings is 1. The predicted molar refractivity (Wildman–Crippen MR) is 112 cm³/mol. The van der Waals surface area contributed by atoms with Gasteiger partial charge < -0.3 is 20.1 Å². The van der Waals surface area contributed by atoms with Crippen molar-refractivity contribution in [2.45, 2.75) is 45.3 Å². The highest BCUT2D eigenvalue weighted by Gasteiger charge is 2.40. The van der Waals surface area contributed by atoms with E-state index < -0.39 is 6.10 Å². The van der Waals surface area contributed by atoms with Crippen molar-refractivity contribution in [3.05, 3.63) is 28.9 Å². The molecule has 0 saturated carbocycles. The first kappa shape index (κ1) is 20.4. The van der Waals surface area contributed by atoms with Crippen LogP contribution in [0.2, 0.25) is 5.02 Å². The van der Waals surface area contributed by atoms with Crippen molar-refractivity contribution in [2.75, 3.05) is 26.3 Å². The number of benzene rings is 1. The van der Waals surface area contributed by atoms with Crippen LogP contribution >= 0.6 is 11.6 Å². The van der Waals surface area contributed by atoms with Crippen molar-refractivity contribution in [1.82, 2.24) is 20.4 Å². The fourth-order valence-electron chi connectivity index (χ4n) is 4.63. The molecule has 2 amide bonds. The van der Waals surface area contributed by atoms with Gasteiger partial charge in [0, 0.05) is 35.7 Å². The minimum atomic E-state index is -0.690. The zero-order valence-electron chi connectivity index (χ0n) is 16.9. The number of nitrogens with zero attached hydrogens (tertiary/aromatic N) is 2. The third-order valence-corrected chi connectivity index (χ3v) is 6.85. The van der Waals surface area contributed by atoms with Gasteiger partial charge in [-0.25, -0.2) is 4.79 Å². The number of carbonyl (C=O) groups is 1. The maximum absolute atomic E-state index is 12.5. The molecule has 2 atom stereocenters. The van der Waals surface area contributed by atoms with Crippen LogP contribution in [-0.4, -0.2) is 58.6 Å². The number of aromatic nitrogens is 2. The molecular formula is C21H29ClN4O3. The van der Waals surface area contributed by atoms with Crippen LogP contribution < -0.4 is 5.32 Å². The number of aliphatic hydroxyl groups is 1. The number of amides is 2. The van der Waals surface area contributed by atoms with Crippen LogP contribution in [0.15, 0.2) is 18.3 Å². The lowest BCUT2D eigenvalue weighted by Gasteiger charge is -2.43. The molecule has 4 rings (SSSR count). The molecule has 2 fully saturated rings. The van der Waals surface area contributed by atoms with Crippen molar-refractivity contribution in [3.63, 3.8) is 0 Å². The normalized spacial score (nSPS) is 22.2. The number of H-pyrrole nitrogens is 1. The molecule has 2 saturated heterocycles. The zero-order chi connectivity index (χ0) is 20.6. The summed E-state index contributed by atoms with van der Waals surface area (Å²) >= 11 is 6.27. The van der Waals surface area contributed by atoms with Crippen molar-refractivity contribution < 1.29 is 14.6 Å². The molecule has 158 valence electrons. The largest absolute Gasteiger partial charge is 0.388 e. The Labute approximate surface area is 175 Å². The summed E-state index contributed by atoms with van der Waals surface area (Å²) in [5.41, 5.74) is 1.23. The quantitative estimate of drug-likeness (QED) is 0.706. The number of fused-ring (bicyclic) bond motifs is 1. The highest BCUT2D eigenvalue weighted by molar-refractivity contribution is 6.31. The molecule has 2 aliphatic heterocycles. The Morgan fingerprint density at radius 2 is 2.14 bits per heavy atom. The second-order valence-corrected chi connectivity index (χ2v) is 9.26. The Bertz CT molecular complexity index is 870. The lowest BCUT2D eigenvalue weighted by atomic mass is 9.68. The molecule has 0 unspecified atom stereocenters. The number of hydrogen-bond acceptors (Lipinski definition) is 4. The van der Waals surface area contributed by atoms with E-state index in [1.807, 2.05) is 17.0 Å². The topological polar surface area (TPSA) is 90.5 Å². The van der Waals surface area contributed by atoms with Gasteiger partial charge in [0.1, 0.15) is 0 Å². The average Bonchev–Trinajstić information content (AvgIpc) is 3.38. The van der Waals surface area contributed by atoms with Crippen LogP contribution in [0.4, 0.5) is 4.79 Å². The molecule has 2 aliphatic rings. The summed E-state index contributed by atoms with van der Waals surface area (Å²) < 4.78 is 5.33. The molecule has 7 nitrogen and oxygen atoms in total. The molecule has 1 aromatic carbocycles. The van der Waals surface area contributed by atoms with Crippen LogP contribution in [0.3, 0.4) is 0 Å². The average molecular weight is 421 g/mol. The number of aliphatic hydroxyl groups excluding tert-OH is 1. The number of ether oxygens (including phenoxy) is 1. The second kappa shape index (κ2) is 8.13. The highest BCUT2D eigenvalue weighted by atomic mass is 35.5. The Kier molecular flexibility index (Phi) is 5.73. The van der Waals surface area contributed by atoms with Crippen LogP contribution in [0, 0.1) is 11.3 Å². The molecule has 29 heavy (non-hydrogen) atoms. The van der Waals surface area contributed by atoms with Gasteiger partial charge in [0.15, 0.2) is 0 Å². The Morgan fingerprint density at radius 3 is 2.83 bits per heavy atom. The maximum Gasteiger partial charge on any atom is 0.317 e. The van der Waals surface area contributed by atoms with Gasteiger partial charge in [-0.2, -0.15) is 5.10 Å². The van der Waals surface area contributed by atoms with Gasteiger partial charge in [0.25, 0.3) is 0 Å². The lowest BCUT2D eigenvalue weighted by Crippen LogP contribution is -2.49. The van der Waals surface area contributed by atoms with E-state index >= 15 is 0 Å². The molecule has 0 radical (unpaired) electrons. The fraction of sp³-hybridized carbons (Fsp3) is 0.619. The van der Waals surface area contributed by atoms with E-state index in [-0.39, 0.29) is 23.4 Å². The molecule has 2 aromatic rings. The Balaban J connectivity index is 1.42. The van der Waals surface area contributed by atoms with Crippen LogP contribution in [0.25, 0.3) is 10.9 Å². The number of carbonyl (C=O) groups excluding carboxylic acids is 1. The summed E-state index contributed by atoms with van der Waals surface area (Å²) in [5.74, 6) is 0.285. The van der Waals surface area contributed by atoms with Gasteiger partial charge in [0.05, 0.1) is 30.5 Å². The summed E-state index contributed by atoms with van der Waals surface area (Å²) in [7, 11) is 0. The second-order valence-electron chi connectivity index (χ2n) is 8.82. The third kappa shape index (κ3) is 4.09. The molecule has 0 spiro atoms. The fourth-order valence-corrected chi connectivity index (χ4v) is 4.86. The van der Waals surface area contributed by atoms with E-state index in [9.17, 15) is 9.90 Å². The van der Waals surface area contributed by atoms with Crippen molar-refractivity contribution in [2.24, 2.45) is 11.3 Å². The van der Waals surface area contributed by atoms with Gasteiger partial charge in [-0.1, -0.05) is 25.4 Å². The molecule has 8 heteroatoms. The number of likely N-dealkylation sites (tertiary alicyclic amines) is 1. The van der Waals surface area contributed by atoms with Crippen molar-refractivity contribution in [3.8, 4) is 0 Å². The molecule has 3 heterocycles. The van der Waals surface area contributed by atoms with E-state index in [0.29, 0.717) is 31.3 Å². The van der Waals surface area contributed by atoms with Gasteiger partial charge >= 0.3 is 6.03 Å². The summed E-state index contributed by atoms with van der Waals surface area (Å²) in [5, 5.41) is 22.9. The van der Waals surface area contributed by atoms with E-state index in [1.165, 1.54) is 0 Å². The number of aromatic amines is 1. The monoisotopic (exact) mass is 420 g/mol. The summed E-state index contributed by atoms with van der Waals surface area (Å²) in [6.45, 7) is 6.88. The number of urea groups is 1. The Morgan fingerprint density at radius 1 is 1.38 bits per heavy atom. The number of nitrogens with one attached hydrogen (secondary N) is 2. The summed E-state index contributed by atoms with van der Waals surface area (Å²) in [6, 6.07) is 3.78. The van der Waals surface area contributed by atoms with E-state index in [4.69, 9.17) is 16.3 Å². The van der Waals surface area contributed by atoms with Crippen LogP contribution in [-0.2, 0) is 4.74 Å². The first-order valence-corrected chi connectivity index (χ1v) is 10.7. The van der Waals surface area contributed by atoms with Crippen LogP contribution in [0.5, 0.6) is 0 Å². The molecule has 1 aromatic heterocycles. The summed E-state index contributed by atoms with van der Waals surface area (Å²) in [6.07, 6.45) is 3.61. The van der Waals surface area contributed by atoms with Gasteiger partial charge in [-0.3, -0.25) is 5.10 Å². The highest BCUT2D eigenvalue weighted by Crippen LogP contribution is 2.46. The van der Waals surface area contributed by atoms with Crippen LogP contribution in [0.1, 0.15) is 44.8 Å². The molecular weight excluding hydrogens is 392 g/mol.